The highest BCUT2D eigenvalue weighted by atomic mass is 32.2. The number of rotatable bonds is 3. The molecule has 0 aliphatic rings. The summed E-state index contributed by atoms with van der Waals surface area (Å²) in [6.45, 7) is 3.66. The normalized spacial score (nSPS) is 12.7. The van der Waals surface area contributed by atoms with Gasteiger partial charge in [-0.1, -0.05) is 17.8 Å². The molecule has 1 atom stereocenters. The van der Waals surface area contributed by atoms with E-state index in [1.54, 1.807) is 19.3 Å². The Balaban J connectivity index is 2.39. The maximum atomic E-state index is 13.7. The molecule has 0 fully saturated rings. The maximum absolute atomic E-state index is 13.7. The first-order valence-corrected chi connectivity index (χ1v) is 6.17. The van der Waals surface area contributed by atoms with E-state index in [9.17, 15) is 4.39 Å². The minimum Gasteiger partial charge on any atom is -0.468 e. The van der Waals surface area contributed by atoms with Crippen molar-refractivity contribution < 1.29 is 8.81 Å². The zero-order valence-corrected chi connectivity index (χ0v) is 10.6. The molecule has 2 N–H and O–H groups in total. The van der Waals surface area contributed by atoms with Crippen molar-refractivity contribution in [3.05, 3.63) is 47.7 Å². The lowest BCUT2D eigenvalue weighted by atomic mass is 10.1. The van der Waals surface area contributed by atoms with Crippen LogP contribution in [0.5, 0.6) is 0 Å². The van der Waals surface area contributed by atoms with E-state index in [1.165, 1.54) is 17.8 Å². The summed E-state index contributed by atoms with van der Waals surface area (Å²) in [5, 5.41) is 0. The predicted octanol–water partition coefficient (Wildman–Crippen LogP) is 3.90. The Labute approximate surface area is 104 Å². The molecular weight excluding hydrogens is 237 g/mol. The van der Waals surface area contributed by atoms with Crippen LogP contribution < -0.4 is 5.73 Å². The van der Waals surface area contributed by atoms with Crippen LogP contribution in [-0.4, -0.2) is 0 Å². The summed E-state index contributed by atoms with van der Waals surface area (Å²) < 4.78 is 18.9. The van der Waals surface area contributed by atoms with Crippen molar-refractivity contribution in [1.29, 1.82) is 0 Å². The van der Waals surface area contributed by atoms with Crippen LogP contribution in [0.15, 0.2) is 44.7 Å². The van der Waals surface area contributed by atoms with E-state index in [1.807, 2.05) is 19.1 Å². The zero-order chi connectivity index (χ0) is 12.4. The minimum absolute atomic E-state index is 0.258. The third-order valence-electron chi connectivity index (χ3n) is 2.50. The van der Waals surface area contributed by atoms with Gasteiger partial charge in [0, 0.05) is 16.5 Å². The predicted molar refractivity (Wildman–Crippen MR) is 66.6 cm³/mol. The van der Waals surface area contributed by atoms with Gasteiger partial charge in [-0.15, -0.1) is 0 Å². The van der Waals surface area contributed by atoms with E-state index < -0.39 is 0 Å². The molecule has 0 spiro atoms. The first kappa shape index (κ1) is 12.2. The number of benzene rings is 1. The van der Waals surface area contributed by atoms with Crippen molar-refractivity contribution >= 4 is 11.8 Å². The second kappa shape index (κ2) is 4.94. The minimum atomic E-state index is -0.328. The largest absolute Gasteiger partial charge is 0.468 e. The Bertz CT molecular complexity index is 522. The molecule has 1 unspecified atom stereocenters. The van der Waals surface area contributed by atoms with Gasteiger partial charge in [0.05, 0.1) is 11.2 Å². The molecule has 4 heteroatoms. The van der Waals surface area contributed by atoms with Crippen LogP contribution in [0.4, 0.5) is 4.39 Å². The molecule has 0 aliphatic heterocycles. The number of halogens is 1. The summed E-state index contributed by atoms with van der Waals surface area (Å²) in [4.78, 5) is 1.82. The lowest BCUT2D eigenvalue weighted by Crippen LogP contribution is -2.08. The third kappa shape index (κ3) is 2.53. The Morgan fingerprint density at radius 2 is 2.06 bits per heavy atom. The summed E-state index contributed by atoms with van der Waals surface area (Å²) >= 11 is 1.48. The quantitative estimate of drug-likeness (QED) is 0.899. The lowest BCUT2D eigenvalue weighted by molar-refractivity contribution is 0.527. The summed E-state index contributed by atoms with van der Waals surface area (Å²) in [6, 6.07) is 6.55. The van der Waals surface area contributed by atoms with Gasteiger partial charge in [0.2, 0.25) is 0 Å². The van der Waals surface area contributed by atoms with Gasteiger partial charge in [-0.3, -0.25) is 0 Å². The summed E-state index contributed by atoms with van der Waals surface area (Å²) in [5.74, 6) is 0.570. The van der Waals surface area contributed by atoms with Gasteiger partial charge < -0.3 is 10.2 Å². The summed E-state index contributed by atoms with van der Waals surface area (Å²) in [6.07, 6.45) is 1.63. The summed E-state index contributed by atoms with van der Waals surface area (Å²) in [7, 11) is 0. The fourth-order valence-corrected chi connectivity index (χ4v) is 2.74. The Morgan fingerprint density at radius 1 is 1.29 bits per heavy atom. The number of nitrogens with two attached hydrogens (primary N) is 1. The Kier molecular flexibility index (Phi) is 3.54. The highest BCUT2D eigenvalue weighted by Gasteiger charge is 2.14. The molecule has 1 aromatic carbocycles. The molecule has 0 saturated carbocycles. The molecule has 1 heterocycles. The fraction of sp³-hybridized carbons (Fsp3) is 0.231. The number of hydrogen-bond donors (Lipinski definition) is 1. The molecule has 0 radical (unpaired) electrons. The van der Waals surface area contributed by atoms with Crippen LogP contribution in [0.1, 0.15) is 24.3 Å². The molecule has 1 aromatic heterocycles. The van der Waals surface area contributed by atoms with Gasteiger partial charge in [-0.05, 0) is 32.0 Å². The van der Waals surface area contributed by atoms with Gasteiger partial charge in [0.15, 0.2) is 0 Å². The first-order valence-electron chi connectivity index (χ1n) is 5.35. The highest BCUT2D eigenvalue weighted by Crippen LogP contribution is 2.35. The standard InChI is InChI=1S/C13H14FNOS/c1-8(15)13-10(14)4-3-5-12(13)17-11-6-7-16-9(11)2/h3-8H,15H2,1-2H3. The van der Waals surface area contributed by atoms with Crippen LogP contribution in [0.3, 0.4) is 0 Å². The van der Waals surface area contributed by atoms with E-state index in [4.69, 9.17) is 10.2 Å². The number of aryl methyl sites for hydroxylation is 1. The van der Waals surface area contributed by atoms with E-state index in [0.29, 0.717) is 5.56 Å². The molecule has 0 saturated heterocycles. The smallest absolute Gasteiger partial charge is 0.129 e. The van der Waals surface area contributed by atoms with Gasteiger partial charge >= 0.3 is 0 Å². The van der Waals surface area contributed by atoms with Gasteiger partial charge in [-0.25, -0.2) is 4.39 Å². The third-order valence-corrected chi connectivity index (χ3v) is 3.72. The Morgan fingerprint density at radius 3 is 2.65 bits per heavy atom. The zero-order valence-electron chi connectivity index (χ0n) is 9.74. The van der Waals surface area contributed by atoms with E-state index >= 15 is 0 Å². The molecular formula is C13H14FNOS. The van der Waals surface area contributed by atoms with Crippen molar-refractivity contribution in [3.63, 3.8) is 0 Å². The second-order valence-electron chi connectivity index (χ2n) is 3.88. The Hall–Kier alpha value is -1.26. The molecule has 2 nitrogen and oxygen atoms in total. The van der Waals surface area contributed by atoms with Crippen LogP contribution in [0, 0.1) is 12.7 Å². The second-order valence-corrected chi connectivity index (χ2v) is 4.97. The van der Waals surface area contributed by atoms with Crippen molar-refractivity contribution in [3.8, 4) is 0 Å². The molecule has 2 rings (SSSR count). The fourth-order valence-electron chi connectivity index (χ4n) is 1.65. The van der Waals surface area contributed by atoms with Crippen molar-refractivity contribution in [2.24, 2.45) is 5.73 Å². The van der Waals surface area contributed by atoms with Crippen molar-refractivity contribution in [2.75, 3.05) is 0 Å². The van der Waals surface area contributed by atoms with Crippen LogP contribution in [-0.2, 0) is 0 Å². The van der Waals surface area contributed by atoms with E-state index in [-0.39, 0.29) is 11.9 Å². The molecule has 90 valence electrons. The van der Waals surface area contributed by atoms with Crippen LogP contribution in [0.25, 0.3) is 0 Å². The van der Waals surface area contributed by atoms with Crippen molar-refractivity contribution in [2.45, 2.75) is 29.7 Å². The average molecular weight is 251 g/mol. The lowest BCUT2D eigenvalue weighted by Gasteiger charge is -2.12. The van der Waals surface area contributed by atoms with Gasteiger partial charge in [0.1, 0.15) is 11.6 Å². The van der Waals surface area contributed by atoms with Crippen LogP contribution >= 0.6 is 11.8 Å². The maximum Gasteiger partial charge on any atom is 0.129 e. The van der Waals surface area contributed by atoms with E-state index in [0.717, 1.165) is 15.6 Å². The van der Waals surface area contributed by atoms with Crippen LogP contribution in [0.2, 0.25) is 0 Å². The molecule has 0 aliphatic carbocycles. The molecule has 0 amide bonds. The topological polar surface area (TPSA) is 39.2 Å². The number of hydrogen-bond acceptors (Lipinski definition) is 3. The summed E-state index contributed by atoms with van der Waals surface area (Å²) in [5.41, 5.74) is 6.36. The van der Waals surface area contributed by atoms with Gasteiger partial charge in [0.25, 0.3) is 0 Å². The number of furan rings is 1. The molecule has 17 heavy (non-hydrogen) atoms. The average Bonchev–Trinajstić information content (AvgIpc) is 2.64. The first-order chi connectivity index (χ1) is 8.09. The van der Waals surface area contributed by atoms with Gasteiger partial charge in [-0.2, -0.15) is 0 Å². The van der Waals surface area contributed by atoms with Crippen molar-refractivity contribution in [1.82, 2.24) is 0 Å². The SMILES string of the molecule is Cc1occc1Sc1cccc(F)c1C(C)N. The van der Waals surface area contributed by atoms with E-state index in [2.05, 4.69) is 0 Å². The highest BCUT2D eigenvalue weighted by molar-refractivity contribution is 7.99. The molecule has 0 bridgehead atoms. The molecule has 2 aromatic rings. The monoisotopic (exact) mass is 251 g/mol.